The standard InChI is InChI=1S/C5H12N2O/c1-5(2-7-6)3-8-4-5/h7H,2-4,6H2,1H3. The molecule has 0 aromatic rings. The van der Waals surface area contributed by atoms with Crippen molar-refractivity contribution in [2.75, 3.05) is 19.8 Å². The predicted octanol–water partition coefficient (Wildman–Crippen LogP) is -0.514. The maximum absolute atomic E-state index is 5.12. The zero-order valence-electron chi connectivity index (χ0n) is 5.11. The topological polar surface area (TPSA) is 47.3 Å². The molecule has 48 valence electrons. The van der Waals surface area contributed by atoms with Gasteiger partial charge in [0.1, 0.15) is 0 Å². The second-order valence-corrected chi connectivity index (χ2v) is 2.68. The molecule has 8 heavy (non-hydrogen) atoms. The van der Waals surface area contributed by atoms with Crippen molar-refractivity contribution in [3.63, 3.8) is 0 Å². The number of nitrogens with one attached hydrogen (secondary N) is 1. The number of hydrogen-bond acceptors (Lipinski definition) is 3. The Morgan fingerprint density at radius 2 is 2.38 bits per heavy atom. The van der Waals surface area contributed by atoms with Gasteiger partial charge in [0.05, 0.1) is 13.2 Å². The van der Waals surface area contributed by atoms with E-state index < -0.39 is 0 Å². The van der Waals surface area contributed by atoms with Crippen LogP contribution >= 0.6 is 0 Å². The number of ether oxygens (including phenoxy) is 1. The summed E-state index contributed by atoms with van der Waals surface area (Å²) in [6.07, 6.45) is 0. The molecule has 0 amide bonds. The van der Waals surface area contributed by atoms with Gasteiger partial charge in [-0.05, 0) is 0 Å². The van der Waals surface area contributed by atoms with E-state index in [4.69, 9.17) is 10.6 Å². The molecule has 0 radical (unpaired) electrons. The van der Waals surface area contributed by atoms with E-state index in [2.05, 4.69) is 12.3 Å². The Kier molecular flexibility index (Phi) is 1.51. The van der Waals surface area contributed by atoms with Crippen LogP contribution in [0.25, 0.3) is 0 Å². The Labute approximate surface area is 49.2 Å². The van der Waals surface area contributed by atoms with Gasteiger partial charge in [0.15, 0.2) is 0 Å². The van der Waals surface area contributed by atoms with Crippen LogP contribution in [0.2, 0.25) is 0 Å². The second-order valence-electron chi connectivity index (χ2n) is 2.68. The van der Waals surface area contributed by atoms with E-state index in [-0.39, 0.29) is 0 Å². The highest BCUT2D eigenvalue weighted by molar-refractivity contribution is 4.81. The molecule has 1 fully saturated rings. The van der Waals surface area contributed by atoms with E-state index in [9.17, 15) is 0 Å². The molecular weight excluding hydrogens is 104 g/mol. The highest BCUT2D eigenvalue weighted by Crippen LogP contribution is 2.24. The molecule has 0 atom stereocenters. The summed E-state index contributed by atoms with van der Waals surface area (Å²) in [5.74, 6) is 5.12. The molecule has 0 spiro atoms. The number of hydrazine groups is 1. The summed E-state index contributed by atoms with van der Waals surface area (Å²) in [5, 5.41) is 0. The molecule has 0 aromatic heterocycles. The minimum atomic E-state index is 0.314. The van der Waals surface area contributed by atoms with E-state index in [0.717, 1.165) is 19.8 Å². The zero-order valence-corrected chi connectivity index (χ0v) is 5.11. The lowest BCUT2D eigenvalue weighted by atomic mass is 9.89. The first-order valence-corrected chi connectivity index (χ1v) is 2.78. The normalized spacial score (nSPS) is 24.8. The van der Waals surface area contributed by atoms with E-state index in [1.807, 2.05) is 0 Å². The van der Waals surface area contributed by atoms with Crippen molar-refractivity contribution in [1.82, 2.24) is 5.43 Å². The molecule has 0 bridgehead atoms. The van der Waals surface area contributed by atoms with Crippen LogP contribution in [0.1, 0.15) is 6.92 Å². The molecule has 0 aliphatic carbocycles. The van der Waals surface area contributed by atoms with Crippen molar-refractivity contribution < 1.29 is 4.74 Å². The number of nitrogens with two attached hydrogens (primary N) is 1. The third-order valence-electron chi connectivity index (χ3n) is 1.43. The van der Waals surface area contributed by atoms with Crippen molar-refractivity contribution in [2.24, 2.45) is 11.3 Å². The SMILES string of the molecule is CC1(CNN)COC1. The lowest BCUT2D eigenvalue weighted by molar-refractivity contribution is -0.0989. The zero-order chi connectivity index (χ0) is 6.04. The fourth-order valence-electron chi connectivity index (χ4n) is 0.799. The van der Waals surface area contributed by atoms with Crippen molar-refractivity contribution in [1.29, 1.82) is 0 Å². The van der Waals surface area contributed by atoms with Crippen molar-refractivity contribution >= 4 is 0 Å². The van der Waals surface area contributed by atoms with Crippen LogP contribution in [-0.2, 0) is 4.74 Å². The maximum atomic E-state index is 5.12. The fraction of sp³-hybridized carbons (Fsp3) is 1.00. The molecular formula is C5H12N2O. The van der Waals surface area contributed by atoms with Gasteiger partial charge in [-0.25, -0.2) is 0 Å². The Bertz CT molecular complexity index is 80.5. The molecule has 1 heterocycles. The van der Waals surface area contributed by atoms with Gasteiger partial charge in [-0.2, -0.15) is 0 Å². The van der Waals surface area contributed by atoms with Crippen LogP contribution < -0.4 is 11.3 Å². The maximum Gasteiger partial charge on any atom is 0.0554 e. The van der Waals surface area contributed by atoms with Crippen LogP contribution in [-0.4, -0.2) is 19.8 Å². The van der Waals surface area contributed by atoms with Crippen molar-refractivity contribution in [3.05, 3.63) is 0 Å². The van der Waals surface area contributed by atoms with Crippen LogP contribution in [0.5, 0.6) is 0 Å². The molecule has 1 aliphatic heterocycles. The van der Waals surface area contributed by atoms with E-state index in [0.29, 0.717) is 5.41 Å². The second kappa shape index (κ2) is 2.01. The first kappa shape index (κ1) is 6.01. The van der Waals surface area contributed by atoms with Crippen LogP contribution in [0.3, 0.4) is 0 Å². The summed E-state index contributed by atoms with van der Waals surface area (Å²) in [4.78, 5) is 0. The Morgan fingerprint density at radius 3 is 2.50 bits per heavy atom. The molecule has 0 aromatic carbocycles. The van der Waals surface area contributed by atoms with E-state index >= 15 is 0 Å². The van der Waals surface area contributed by atoms with Gasteiger partial charge in [-0.3, -0.25) is 11.3 Å². The van der Waals surface area contributed by atoms with Gasteiger partial charge in [0.25, 0.3) is 0 Å². The van der Waals surface area contributed by atoms with Gasteiger partial charge in [-0.1, -0.05) is 6.92 Å². The quantitative estimate of drug-likeness (QED) is 0.377. The van der Waals surface area contributed by atoms with Crippen molar-refractivity contribution in [2.45, 2.75) is 6.92 Å². The third-order valence-corrected chi connectivity index (χ3v) is 1.43. The highest BCUT2D eigenvalue weighted by atomic mass is 16.5. The Hall–Kier alpha value is -0.120. The van der Waals surface area contributed by atoms with Crippen LogP contribution in [0, 0.1) is 5.41 Å². The summed E-state index contributed by atoms with van der Waals surface area (Å²) in [5.41, 5.74) is 2.94. The molecule has 0 saturated carbocycles. The largest absolute Gasteiger partial charge is 0.380 e. The fourth-order valence-corrected chi connectivity index (χ4v) is 0.799. The molecule has 1 rings (SSSR count). The van der Waals surface area contributed by atoms with Crippen molar-refractivity contribution in [3.8, 4) is 0 Å². The van der Waals surface area contributed by atoms with Gasteiger partial charge >= 0.3 is 0 Å². The van der Waals surface area contributed by atoms with Gasteiger partial charge in [0, 0.05) is 12.0 Å². The molecule has 3 N–H and O–H groups in total. The number of hydrogen-bond donors (Lipinski definition) is 2. The van der Waals surface area contributed by atoms with Crippen LogP contribution in [0.15, 0.2) is 0 Å². The van der Waals surface area contributed by atoms with E-state index in [1.165, 1.54) is 0 Å². The third kappa shape index (κ3) is 0.992. The monoisotopic (exact) mass is 116 g/mol. The highest BCUT2D eigenvalue weighted by Gasteiger charge is 2.32. The predicted molar refractivity (Wildman–Crippen MR) is 31.1 cm³/mol. The molecule has 1 aliphatic rings. The first-order valence-electron chi connectivity index (χ1n) is 2.78. The lowest BCUT2D eigenvalue weighted by Gasteiger charge is -2.37. The van der Waals surface area contributed by atoms with Crippen LogP contribution in [0.4, 0.5) is 0 Å². The first-order chi connectivity index (χ1) is 3.77. The molecule has 0 unspecified atom stereocenters. The van der Waals surface area contributed by atoms with Gasteiger partial charge < -0.3 is 4.74 Å². The summed E-state index contributed by atoms with van der Waals surface area (Å²) < 4.78 is 4.99. The minimum Gasteiger partial charge on any atom is -0.380 e. The minimum absolute atomic E-state index is 0.314. The average molecular weight is 116 g/mol. The molecule has 3 nitrogen and oxygen atoms in total. The number of rotatable bonds is 2. The van der Waals surface area contributed by atoms with E-state index in [1.54, 1.807) is 0 Å². The van der Waals surface area contributed by atoms with Gasteiger partial charge in [-0.15, -0.1) is 0 Å². The summed E-state index contributed by atoms with van der Waals surface area (Å²) in [6.45, 7) is 4.69. The molecule has 1 saturated heterocycles. The Balaban J connectivity index is 2.20. The van der Waals surface area contributed by atoms with Gasteiger partial charge in [0.2, 0.25) is 0 Å². The summed E-state index contributed by atoms with van der Waals surface area (Å²) in [7, 11) is 0. The lowest BCUT2D eigenvalue weighted by Crippen LogP contribution is -2.48. The molecule has 3 heteroatoms. The smallest absolute Gasteiger partial charge is 0.0554 e. The average Bonchev–Trinajstić information content (AvgIpc) is 1.64. The summed E-state index contributed by atoms with van der Waals surface area (Å²) in [6, 6.07) is 0. The summed E-state index contributed by atoms with van der Waals surface area (Å²) >= 11 is 0. The Morgan fingerprint density at radius 1 is 1.75 bits per heavy atom.